The average Bonchev–Trinajstić information content (AvgIpc) is 2.52. The third kappa shape index (κ3) is 6.82. The lowest BCUT2D eigenvalue weighted by Crippen LogP contribution is -2.46. The highest BCUT2D eigenvalue weighted by Gasteiger charge is 2.16. The number of aryl methyl sites for hydroxylation is 3. The van der Waals surface area contributed by atoms with Crippen LogP contribution < -0.4 is 15.4 Å². The molecule has 1 rings (SSSR count). The maximum absolute atomic E-state index is 11.7. The van der Waals surface area contributed by atoms with Crippen LogP contribution in [-0.2, 0) is 19.1 Å². The second-order valence-electron chi connectivity index (χ2n) is 5.86. The Hall–Kier alpha value is -2.57. The Kier molecular flexibility index (Phi) is 7.91. The molecule has 0 unspecified atom stereocenters. The lowest BCUT2D eigenvalue weighted by Gasteiger charge is -2.14. The number of carbonyl (C=O) groups excluding carboxylic acids is 3. The number of benzene rings is 1. The largest absolute Gasteiger partial charge is 0.481 e. The van der Waals surface area contributed by atoms with E-state index in [4.69, 9.17) is 9.47 Å². The molecule has 7 nitrogen and oxygen atoms in total. The molecule has 0 radical (unpaired) electrons. The number of hydrogen-bond acceptors (Lipinski definition) is 5. The summed E-state index contributed by atoms with van der Waals surface area (Å²) >= 11 is 0. The van der Waals surface area contributed by atoms with Gasteiger partial charge in [-0.05, 0) is 45.7 Å². The van der Waals surface area contributed by atoms with Crippen molar-refractivity contribution in [2.24, 2.45) is 0 Å². The van der Waals surface area contributed by atoms with Crippen LogP contribution in [0.15, 0.2) is 12.1 Å². The summed E-state index contributed by atoms with van der Waals surface area (Å²) in [4.78, 5) is 34.9. The molecule has 0 aliphatic heterocycles. The van der Waals surface area contributed by atoms with E-state index >= 15 is 0 Å². The average molecular weight is 350 g/mol. The highest BCUT2D eigenvalue weighted by Crippen LogP contribution is 2.24. The Balaban J connectivity index is 2.40. The van der Waals surface area contributed by atoms with Crippen molar-refractivity contribution in [1.29, 1.82) is 0 Å². The zero-order valence-corrected chi connectivity index (χ0v) is 15.4. The fourth-order valence-electron chi connectivity index (χ4n) is 2.39. The van der Waals surface area contributed by atoms with Crippen LogP contribution in [0.1, 0.15) is 30.5 Å². The summed E-state index contributed by atoms with van der Waals surface area (Å²) in [5, 5.41) is 5.04. The molecule has 1 aromatic rings. The topological polar surface area (TPSA) is 93.7 Å². The molecule has 7 heteroatoms. The number of likely N-dealkylation sites (N-methyl/N-ethyl adjacent to an activating group) is 1. The van der Waals surface area contributed by atoms with Crippen molar-refractivity contribution in [2.45, 2.75) is 40.7 Å². The van der Waals surface area contributed by atoms with E-state index in [1.165, 1.54) is 0 Å². The van der Waals surface area contributed by atoms with E-state index in [9.17, 15) is 14.4 Å². The third-order valence-corrected chi connectivity index (χ3v) is 3.43. The summed E-state index contributed by atoms with van der Waals surface area (Å²) in [5.74, 6) is -0.859. The molecule has 2 amide bonds. The monoisotopic (exact) mass is 350 g/mol. The molecular weight excluding hydrogens is 324 g/mol. The fraction of sp³-hybridized carbons (Fsp3) is 0.500. The van der Waals surface area contributed by atoms with Crippen LogP contribution in [0.3, 0.4) is 0 Å². The molecule has 0 bridgehead atoms. The van der Waals surface area contributed by atoms with Gasteiger partial charge in [-0.15, -0.1) is 0 Å². The van der Waals surface area contributed by atoms with Gasteiger partial charge in [0.25, 0.3) is 5.91 Å². The number of esters is 1. The maximum Gasteiger partial charge on any atom is 0.344 e. The normalized spacial score (nSPS) is 11.4. The van der Waals surface area contributed by atoms with Crippen molar-refractivity contribution in [3.63, 3.8) is 0 Å². The van der Waals surface area contributed by atoms with Gasteiger partial charge in [0.15, 0.2) is 13.2 Å². The first-order valence-corrected chi connectivity index (χ1v) is 8.18. The van der Waals surface area contributed by atoms with Gasteiger partial charge in [-0.3, -0.25) is 9.59 Å². The zero-order chi connectivity index (χ0) is 19.0. The summed E-state index contributed by atoms with van der Waals surface area (Å²) in [6.07, 6.45) is 0. The summed E-state index contributed by atoms with van der Waals surface area (Å²) in [6.45, 7) is 8.85. The van der Waals surface area contributed by atoms with Gasteiger partial charge in [0.2, 0.25) is 5.91 Å². The van der Waals surface area contributed by atoms with Gasteiger partial charge < -0.3 is 20.1 Å². The quantitative estimate of drug-likeness (QED) is 0.687. The van der Waals surface area contributed by atoms with Crippen molar-refractivity contribution < 1.29 is 23.9 Å². The second kappa shape index (κ2) is 9.66. The molecule has 0 fully saturated rings. The fourth-order valence-corrected chi connectivity index (χ4v) is 2.39. The van der Waals surface area contributed by atoms with E-state index in [0.29, 0.717) is 12.3 Å². The van der Waals surface area contributed by atoms with Gasteiger partial charge in [0, 0.05) is 6.54 Å². The standard InChI is InChI=1S/C18H26N2O5/c1-6-19-18(23)14(5)20-15(21)9-24-16(22)10-25-17-12(3)7-11(2)8-13(17)4/h7-8,14H,6,9-10H2,1-5H3,(H,19,23)(H,20,21)/t14-/m1/s1. The molecule has 138 valence electrons. The predicted octanol–water partition coefficient (Wildman–Crippen LogP) is 1.17. The SMILES string of the molecule is CCNC(=O)[C@@H](C)NC(=O)COC(=O)COc1c(C)cc(C)cc1C. The highest BCUT2D eigenvalue weighted by molar-refractivity contribution is 5.88. The lowest BCUT2D eigenvalue weighted by atomic mass is 10.1. The molecule has 0 aliphatic carbocycles. The van der Waals surface area contributed by atoms with Gasteiger partial charge in [-0.2, -0.15) is 0 Å². The maximum atomic E-state index is 11.7. The first kappa shape index (κ1) is 20.5. The summed E-state index contributed by atoms with van der Waals surface area (Å²) in [5.41, 5.74) is 2.97. The Labute approximate surface area is 148 Å². The van der Waals surface area contributed by atoms with Crippen molar-refractivity contribution in [3.8, 4) is 5.75 Å². The Morgan fingerprint density at radius 2 is 1.68 bits per heavy atom. The number of rotatable bonds is 8. The van der Waals surface area contributed by atoms with Gasteiger partial charge in [-0.25, -0.2) is 4.79 Å². The zero-order valence-electron chi connectivity index (χ0n) is 15.4. The van der Waals surface area contributed by atoms with E-state index in [2.05, 4.69) is 10.6 Å². The summed E-state index contributed by atoms with van der Waals surface area (Å²) in [7, 11) is 0. The number of carbonyl (C=O) groups is 3. The van der Waals surface area contributed by atoms with Crippen LogP contribution in [0.2, 0.25) is 0 Å². The molecule has 0 aliphatic rings. The molecule has 0 saturated heterocycles. The number of ether oxygens (including phenoxy) is 2. The Morgan fingerprint density at radius 3 is 2.24 bits per heavy atom. The van der Waals surface area contributed by atoms with Crippen LogP contribution in [-0.4, -0.2) is 43.6 Å². The van der Waals surface area contributed by atoms with Crippen LogP contribution in [0.5, 0.6) is 5.75 Å². The van der Waals surface area contributed by atoms with Crippen molar-refractivity contribution >= 4 is 17.8 Å². The lowest BCUT2D eigenvalue weighted by molar-refractivity contribution is -0.150. The van der Waals surface area contributed by atoms with Crippen LogP contribution in [0.4, 0.5) is 0 Å². The minimum Gasteiger partial charge on any atom is -0.481 e. The van der Waals surface area contributed by atoms with Crippen LogP contribution in [0.25, 0.3) is 0 Å². The molecule has 25 heavy (non-hydrogen) atoms. The number of amides is 2. The molecule has 1 aromatic carbocycles. The summed E-state index contributed by atoms with van der Waals surface area (Å²) < 4.78 is 10.4. The minimum atomic E-state index is -0.694. The first-order valence-electron chi connectivity index (χ1n) is 8.18. The molecule has 0 spiro atoms. The van der Waals surface area contributed by atoms with E-state index in [1.807, 2.05) is 32.9 Å². The van der Waals surface area contributed by atoms with Crippen molar-refractivity contribution in [1.82, 2.24) is 10.6 Å². The Bertz CT molecular complexity index is 619. The smallest absolute Gasteiger partial charge is 0.344 e. The van der Waals surface area contributed by atoms with E-state index in [0.717, 1.165) is 16.7 Å². The van der Waals surface area contributed by atoms with Gasteiger partial charge >= 0.3 is 5.97 Å². The second-order valence-corrected chi connectivity index (χ2v) is 5.86. The minimum absolute atomic E-state index is 0.288. The van der Waals surface area contributed by atoms with E-state index in [1.54, 1.807) is 13.8 Å². The van der Waals surface area contributed by atoms with Gasteiger partial charge in [0.05, 0.1) is 0 Å². The number of nitrogens with one attached hydrogen (secondary N) is 2. The number of hydrogen-bond donors (Lipinski definition) is 2. The molecule has 2 N–H and O–H groups in total. The molecule has 1 atom stereocenters. The molecule has 0 aromatic heterocycles. The molecule has 0 heterocycles. The van der Waals surface area contributed by atoms with Gasteiger partial charge in [-0.1, -0.05) is 17.7 Å². The molecular formula is C18H26N2O5. The Morgan fingerprint density at radius 1 is 1.08 bits per heavy atom. The van der Waals surface area contributed by atoms with Crippen LogP contribution >= 0.6 is 0 Å². The van der Waals surface area contributed by atoms with Crippen molar-refractivity contribution in [3.05, 3.63) is 28.8 Å². The van der Waals surface area contributed by atoms with E-state index in [-0.39, 0.29) is 12.5 Å². The molecule has 0 saturated carbocycles. The third-order valence-electron chi connectivity index (χ3n) is 3.43. The van der Waals surface area contributed by atoms with Crippen molar-refractivity contribution in [2.75, 3.05) is 19.8 Å². The summed E-state index contributed by atoms with van der Waals surface area (Å²) in [6, 6.07) is 3.23. The van der Waals surface area contributed by atoms with Gasteiger partial charge in [0.1, 0.15) is 11.8 Å². The predicted molar refractivity (Wildman–Crippen MR) is 93.4 cm³/mol. The first-order chi connectivity index (χ1) is 11.7. The highest BCUT2D eigenvalue weighted by atomic mass is 16.6. The van der Waals surface area contributed by atoms with E-state index < -0.39 is 24.5 Å². The van der Waals surface area contributed by atoms with Crippen LogP contribution in [0, 0.1) is 20.8 Å².